The molecular formula is C21H38N2NaO6+. The third-order valence-electron chi connectivity index (χ3n) is 4.96. The van der Waals surface area contributed by atoms with Gasteiger partial charge in [0.25, 0.3) is 0 Å². The number of rotatable bonds is 19. The molecule has 0 saturated carbocycles. The van der Waals surface area contributed by atoms with Gasteiger partial charge in [0.1, 0.15) is 6.54 Å². The Balaban J connectivity index is 0. The summed E-state index contributed by atoms with van der Waals surface area (Å²) >= 11 is 0. The molecule has 0 spiro atoms. The van der Waals surface area contributed by atoms with Crippen LogP contribution in [0, 0.1) is 0 Å². The van der Waals surface area contributed by atoms with Crippen molar-refractivity contribution in [3.05, 3.63) is 12.2 Å². The van der Waals surface area contributed by atoms with Gasteiger partial charge in [-0.05, 0) is 44.9 Å². The van der Waals surface area contributed by atoms with Crippen LogP contribution in [0.2, 0.25) is 0 Å². The van der Waals surface area contributed by atoms with Crippen molar-refractivity contribution in [3.63, 3.8) is 0 Å². The number of carboxylic acid groups (broad SMARTS) is 2. The molecule has 0 aliphatic rings. The van der Waals surface area contributed by atoms with Crippen LogP contribution >= 0.6 is 0 Å². The van der Waals surface area contributed by atoms with E-state index in [0.29, 0.717) is 75.7 Å². The van der Waals surface area contributed by atoms with E-state index in [4.69, 9.17) is 5.11 Å². The van der Waals surface area contributed by atoms with Crippen LogP contribution in [0.25, 0.3) is 0 Å². The molecule has 1 atom stereocenters. The van der Waals surface area contributed by atoms with Gasteiger partial charge in [-0.2, -0.15) is 0 Å². The van der Waals surface area contributed by atoms with Crippen LogP contribution in [0.5, 0.6) is 0 Å². The van der Waals surface area contributed by atoms with Crippen LogP contribution in [0.15, 0.2) is 12.2 Å². The summed E-state index contributed by atoms with van der Waals surface area (Å²) in [6.07, 6.45) is 8.62. The standard InChI is InChI=1S/C21H38N2O6.Na/c1-2-3-4-5-10-19(25)22-13-16-23(17-18-24,14-8-6-11-20(26)27)15-9-7-12-21(28)29;/h3-4,24H,2,5-18H2,1H3,(H2-,22,25,26,27,28,29);/q;+1/b4-3+;. The van der Waals surface area contributed by atoms with Gasteiger partial charge in [-0.15, -0.1) is 0 Å². The van der Waals surface area contributed by atoms with E-state index < -0.39 is 11.9 Å². The number of amides is 1. The fourth-order valence-electron chi connectivity index (χ4n) is 3.34. The zero-order valence-corrected chi connectivity index (χ0v) is 20.7. The molecule has 0 aliphatic carbocycles. The Morgan fingerprint density at radius 2 is 1.57 bits per heavy atom. The maximum Gasteiger partial charge on any atom is 1.00 e. The minimum absolute atomic E-state index is 0. The van der Waals surface area contributed by atoms with Crippen molar-refractivity contribution in [3.8, 4) is 0 Å². The number of aliphatic carboxylic acids is 2. The van der Waals surface area contributed by atoms with Crippen LogP contribution in [-0.2, 0) is 14.4 Å². The molecule has 0 aromatic rings. The summed E-state index contributed by atoms with van der Waals surface area (Å²) in [5.74, 6) is -1.92. The molecule has 8 nitrogen and oxygen atoms in total. The van der Waals surface area contributed by atoms with Crippen molar-refractivity contribution < 1.29 is 63.7 Å². The molecule has 0 fully saturated rings. The van der Waals surface area contributed by atoms with Gasteiger partial charge in [-0.3, -0.25) is 9.59 Å². The number of hydrogen-bond donors (Lipinski definition) is 3. The predicted octanol–water partition coefficient (Wildman–Crippen LogP) is -2.16. The molecule has 0 aromatic heterocycles. The first kappa shape index (κ1) is 31.3. The number of hydrogen-bond acceptors (Lipinski definition) is 5. The summed E-state index contributed by atoms with van der Waals surface area (Å²) in [6, 6.07) is 0. The Hall–Kier alpha value is -0.930. The number of unbranched alkanes of at least 4 members (excludes halogenated alkanes) is 2. The Morgan fingerprint density at radius 1 is 0.933 bits per heavy atom. The van der Waals surface area contributed by atoms with E-state index in [-0.39, 0.29) is 54.9 Å². The molecule has 168 valence electrons. The molecule has 0 aliphatic heterocycles. The minimum atomic E-state index is -1.07. The van der Waals surface area contributed by atoms with Crippen molar-refractivity contribution in [2.45, 2.75) is 64.7 Å². The van der Waals surface area contributed by atoms with Crippen LogP contribution in [0.1, 0.15) is 64.7 Å². The molecule has 0 bridgehead atoms. The Morgan fingerprint density at radius 3 is 2.10 bits per heavy atom. The van der Waals surface area contributed by atoms with Gasteiger partial charge in [0.15, 0.2) is 0 Å². The predicted molar refractivity (Wildman–Crippen MR) is 109 cm³/mol. The van der Waals surface area contributed by atoms with Crippen LogP contribution in [-0.4, -0.2) is 71.9 Å². The molecule has 3 N–H and O–H groups in total. The zero-order chi connectivity index (χ0) is 22.0. The maximum atomic E-state index is 12.0. The third kappa shape index (κ3) is 17.9. The summed E-state index contributed by atoms with van der Waals surface area (Å²) in [5, 5.41) is 31.9. The number of carbonyl (C=O) groups excluding carboxylic acids is 2. The molecule has 1 unspecified atom stereocenters. The Kier molecular flexibility index (Phi) is 20.8. The molecule has 30 heavy (non-hydrogen) atoms. The van der Waals surface area contributed by atoms with Crippen molar-refractivity contribution in [1.82, 2.24) is 5.32 Å². The number of carboxylic acids is 2. The van der Waals surface area contributed by atoms with Gasteiger partial charge >= 0.3 is 35.5 Å². The molecule has 0 aromatic carbocycles. The topological polar surface area (TPSA) is 127 Å². The number of aliphatic hydroxyl groups excluding tert-OH is 1. The van der Waals surface area contributed by atoms with E-state index in [2.05, 4.69) is 5.32 Å². The number of allylic oxidation sites excluding steroid dienone is 2. The quantitative estimate of drug-likeness (QED) is 0.0914. The molecule has 0 rings (SSSR count). The zero-order valence-electron chi connectivity index (χ0n) is 18.7. The van der Waals surface area contributed by atoms with Gasteiger partial charge in [-0.25, -0.2) is 0 Å². The van der Waals surface area contributed by atoms with Crippen molar-refractivity contribution in [1.29, 1.82) is 0 Å². The van der Waals surface area contributed by atoms with E-state index >= 15 is 0 Å². The fraction of sp³-hybridized carbons (Fsp3) is 0.762. The second-order valence-electron chi connectivity index (χ2n) is 7.41. The monoisotopic (exact) mass is 437 g/mol. The van der Waals surface area contributed by atoms with E-state index in [1.54, 1.807) is 0 Å². The van der Waals surface area contributed by atoms with Gasteiger partial charge in [-0.1, -0.05) is 19.1 Å². The summed E-state index contributed by atoms with van der Waals surface area (Å²) in [5.41, 5.74) is 0. The number of nitrogens with zero attached hydrogens (tertiary/aromatic N) is 1. The van der Waals surface area contributed by atoms with E-state index in [9.17, 15) is 24.6 Å². The molecule has 9 heteroatoms. The SMILES string of the molecule is CC/C=C/CCC(=O)NCC[N+](CCO)(CCCCC(=O)[O-])CCCCC(=O)O.[Na+]. The van der Waals surface area contributed by atoms with Gasteiger partial charge in [0, 0.05) is 18.8 Å². The van der Waals surface area contributed by atoms with Gasteiger partial charge in [0.2, 0.25) is 5.91 Å². The van der Waals surface area contributed by atoms with Crippen molar-refractivity contribution in [2.24, 2.45) is 0 Å². The van der Waals surface area contributed by atoms with Crippen LogP contribution in [0.3, 0.4) is 0 Å². The van der Waals surface area contributed by atoms with Crippen LogP contribution < -0.4 is 40.0 Å². The fourth-order valence-corrected chi connectivity index (χ4v) is 3.34. The molecule has 1 amide bonds. The summed E-state index contributed by atoms with van der Waals surface area (Å²) in [7, 11) is 0. The second kappa shape index (κ2) is 20.0. The molecular weight excluding hydrogens is 399 g/mol. The Bertz CT molecular complexity index is 492. The van der Waals surface area contributed by atoms with Crippen molar-refractivity contribution >= 4 is 17.8 Å². The van der Waals surface area contributed by atoms with Crippen molar-refractivity contribution in [2.75, 3.05) is 39.3 Å². The Labute approximate surface area is 202 Å². The van der Waals surface area contributed by atoms with Gasteiger partial charge in [0.05, 0.1) is 32.8 Å². The minimum Gasteiger partial charge on any atom is -0.550 e. The number of nitrogens with one attached hydrogen (secondary N) is 1. The van der Waals surface area contributed by atoms with E-state index in [1.165, 1.54) is 0 Å². The average molecular weight is 438 g/mol. The maximum absolute atomic E-state index is 12.0. The third-order valence-corrected chi connectivity index (χ3v) is 4.96. The summed E-state index contributed by atoms with van der Waals surface area (Å²) < 4.78 is 0.541. The van der Waals surface area contributed by atoms with Gasteiger partial charge < -0.3 is 29.9 Å². The first-order chi connectivity index (χ1) is 13.8. The number of aliphatic hydroxyl groups is 1. The normalized spacial score (nSPS) is 12.9. The summed E-state index contributed by atoms with van der Waals surface area (Å²) in [4.78, 5) is 33.4. The van der Waals surface area contributed by atoms with E-state index in [0.717, 1.165) is 6.42 Å². The average Bonchev–Trinajstić information content (AvgIpc) is 2.66. The molecule has 0 radical (unpaired) electrons. The summed E-state index contributed by atoms with van der Waals surface area (Å²) in [6.45, 7) is 4.97. The smallest absolute Gasteiger partial charge is 0.550 e. The molecule has 0 saturated heterocycles. The first-order valence-corrected chi connectivity index (χ1v) is 10.6. The number of quaternary nitrogens is 1. The number of carbonyl (C=O) groups is 3. The largest absolute Gasteiger partial charge is 1.00 e. The second-order valence-corrected chi connectivity index (χ2v) is 7.41. The van der Waals surface area contributed by atoms with Crippen LogP contribution in [0.4, 0.5) is 0 Å². The van der Waals surface area contributed by atoms with E-state index in [1.807, 2.05) is 19.1 Å². The molecule has 0 heterocycles. The first-order valence-electron chi connectivity index (χ1n) is 10.6.